The number of aromatic amines is 2. The van der Waals surface area contributed by atoms with Crippen LogP contribution in [0.2, 0.25) is 0 Å². The number of nitrogens with zero attached hydrogens (tertiary/aromatic N) is 1. The predicted molar refractivity (Wildman–Crippen MR) is 130 cm³/mol. The van der Waals surface area contributed by atoms with Crippen molar-refractivity contribution in [2.45, 2.75) is 37.6 Å². The molecule has 6 rings (SSSR count). The predicted octanol–water partition coefficient (Wildman–Crippen LogP) is 4.84. The molecular formula is C27H24N4O3. The van der Waals surface area contributed by atoms with Gasteiger partial charge in [0.05, 0.1) is 22.6 Å². The minimum Gasteiger partial charge on any atom is -0.465 e. The Balaban J connectivity index is 1.48. The first-order valence-corrected chi connectivity index (χ1v) is 11.6. The largest absolute Gasteiger partial charge is 0.465 e. The highest BCUT2D eigenvalue weighted by Gasteiger charge is 2.40. The lowest BCUT2D eigenvalue weighted by atomic mass is 9.71. The fourth-order valence-corrected chi connectivity index (χ4v) is 5.28. The number of aryl methyl sites for hydroxylation is 1. The van der Waals surface area contributed by atoms with Crippen molar-refractivity contribution in [3.05, 3.63) is 87.8 Å². The molecule has 0 atom stereocenters. The maximum absolute atomic E-state index is 12.2. The number of hydrogen-bond donors (Lipinski definition) is 4. The maximum Gasteiger partial charge on any atom is 0.405 e. The molecule has 2 heterocycles. The van der Waals surface area contributed by atoms with Gasteiger partial charge in [0.15, 0.2) is 0 Å². The zero-order valence-electron chi connectivity index (χ0n) is 18.5. The first-order valence-electron chi connectivity index (χ1n) is 11.6. The van der Waals surface area contributed by atoms with Crippen LogP contribution in [0.25, 0.3) is 33.6 Å². The summed E-state index contributed by atoms with van der Waals surface area (Å²) in [5.41, 5.74) is 7.84. The van der Waals surface area contributed by atoms with Gasteiger partial charge in [0.2, 0.25) is 0 Å². The summed E-state index contributed by atoms with van der Waals surface area (Å²) in [7, 11) is 0. The number of amides is 1. The van der Waals surface area contributed by atoms with E-state index in [0.29, 0.717) is 12.8 Å². The average Bonchev–Trinajstić information content (AvgIpc) is 3.22. The number of benzene rings is 2. The van der Waals surface area contributed by atoms with Gasteiger partial charge in [-0.3, -0.25) is 20.0 Å². The minimum absolute atomic E-state index is 0.0681. The second kappa shape index (κ2) is 7.73. The Bertz CT molecular complexity index is 1450. The smallest absolute Gasteiger partial charge is 0.405 e. The van der Waals surface area contributed by atoms with Crippen molar-refractivity contribution in [2.75, 3.05) is 0 Å². The first-order chi connectivity index (χ1) is 16.5. The van der Waals surface area contributed by atoms with Crippen molar-refractivity contribution < 1.29 is 9.90 Å². The molecule has 2 aromatic carbocycles. The molecule has 4 aromatic rings. The summed E-state index contributed by atoms with van der Waals surface area (Å²) in [6.45, 7) is 0. The number of carboxylic acid groups (broad SMARTS) is 1. The Morgan fingerprint density at radius 3 is 2.38 bits per heavy atom. The third kappa shape index (κ3) is 3.23. The van der Waals surface area contributed by atoms with E-state index >= 15 is 0 Å². The number of H-pyrrole nitrogens is 2. The van der Waals surface area contributed by atoms with E-state index in [4.69, 9.17) is 4.98 Å². The van der Waals surface area contributed by atoms with Crippen molar-refractivity contribution in [3.8, 4) is 33.6 Å². The van der Waals surface area contributed by atoms with Gasteiger partial charge in [-0.2, -0.15) is 0 Å². The van der Waals surface area contributed by atoms with Gasteiger partial charge in [0, 0.05) is 22.3 Å². The molecule has 7 nitrogen and oxygen atoms in total. The fraction of sp³-hybridized carbons (Fsp3) is 0.222. The molecule has 1 amide bonds. The number of hydrogen-bond acceptors (Lipinski definition) is 3. The Hall–Kier alpha value is -4.13. The van der Waals surface area contributed by atoms with Crippen LogP contribution in [0.4, 0.5) is 4.79 Å². The molecule has 170 valence electrons. The van der Waals surface area contributed by atoms with Crippen molar-refractivity contribution in [1.29, 1.82) is 0 Å². The van der Waals surface area contributed by atoms with Crippen molar-refractivity contribution >= 4 is 6.09 Å². The number of carbonyl (C=O) groups is 1. The number of fused-ring (bicyclic) bond motifs is 3. The molecule has 1 fully saturated rings. The molecule has 0 radical (unpaired) electrons. The summed E-state index contributed by atoms with van der Waals surface area (Å²) in [6.07, 6.45) is 2.99. The molecule has 0 saturated heterocycles. The first kappa shape index (κ1) is 20.5. The number of aromatic nitrogens is 3. The van der Waals surface area contributed by atoms with Gasteiger partial charge in [-0.05, 0) is 49.3 Å². The van der Waals surface area contributed by atoms with Crippen molar-refractivity contribution in [2.24, 2.45) is 0 Å². The zero-order valence-corrected chi connectivity index (χ0v) is 18.5. The van der Waals surface area contributed by atoms with Gasteiger partial charge in [-0.15, -0.1) is 0 Å². The molecule has 0 aliphatic heterocycles. The minimum atomic E-state index is -0.992. The number of rotatable bonds is 4. The molecule has 0 bridgehead atoms. The summed E-state index contributed by atoms with van der Waals surface area (Å²) >= 11 is 0. The molecule has 2 aromatic heterocycles. The third-order valence-corrected chi connectivity index (χ3v) is 7.21. The second-order valence-electron chi connectivity index (χ2n) is 9.12. The topological polar surface area (TPSA) is 111 Å². The highest BCUT2D eigenvalue weighted by Crippen LogP contribution is 2.43. The molecule has 0 spiro atoms. The van der Waals surface area contributed by atoms with Crippen LogP contribution >= 0.6 is 0 Å². The Kier molecular flexibility index (Phi) is 4.65. The summed E-state index contributed by atoms with van der Waals surface area (Å²) in [5.74, 6) is 0. The van der Waals surface area contributed by atoms with Gasteiger partial charge in [-0.25, -0.2) is 4.79 Å². The van der Waals surface area contributed by atoms with E-state index < -0.39 is 11.6 Å². The molecule has 7 heteroatoms. The fourth-order valence-electron chi connectivity index (χ4n) is 5.28. The average molecular weight is 453 g/mol. The van der Waals surface area contributed by atoms with Gasteiger partial charge in [-0.1, -0.05) is 54.6 Å². The standard InChI is InChI=1S/C27H24N4O3/c32-25-19-11-12-22-21(24(19)30-31-25)15-20(16-5-2-1-3-6-16)23(28-22)17-7-9-18(10-8-17)27(13-4-14-27)29-26(33)34/h1-3,5-10,15,29H,4,11-14H2,(H,33,34)(H2,30,31,32). The number of pyridine rings is 1. The second-order valence-corrected chi connectivity index (χ2v) is 9.12. The normalized spacial score (nSPS) is 15.6. The third-order valence-electron chi connectivity index (χ3n) is 7.21. The van der Waals surface area contributed by atoms with Crippen LogP contribution in [0, 0.1) is 0 Å². The van der Waals surface area contributed by atoms with Crippen LogP contribution < -0.4 is 10.9 Å². The zero-order chi connectivity index (χ0) is 23.3. The van der Waals surface area contributed by atoms with E-state index in [2.05, 4.69) is 33.7 Å². The highest BCUT2D eigenvalue weighted by molar-refractivity contribution is 5.85. The van der Waals surface area contributed by atoms with E-state index in [1.807, 2.05) is 42.5 Å². The van der Waals surface area contributed by atoms with E-state index in [0.717, 1.165) is 69.7 Å². The van der Waals surface area contributed by atoms with Crippen LogP contribution in [0.1, 0.15) is 36.1 Å². The quantitative estimate of drug-likeness (QED) is 0.355. The van der Waals surface area contributed by atoms with E-state index in [1.165, 1.54) is 0 Å². The van der Waals surface area contributed by atoms with Gasteiger partial charge in [0.1, 0.15) is 0 Å². The van der Waals surface area contributed by atoms with Gasteiger partial charge in [0.25, 0.3) is 5.56 Å². The Morgan fingerprint density at radius 1 is 0.941 bits per heavy atom. The van der Waals surface area contributed by atoms with Crippen molar-refractivity contribution in [3.63, 3.8) is 0 Å². The van der Waals surface area contributed by atoms with Crippen LogP contribution in [-0.2, 0) is 18.4 Å². The molecule has 2 aliphatic rings. The van der Waals surface area contributed by atoms with Crippen LogP contribution in [0.5, 0.6) is 0 Å². The molecule has 4 N–H and O–H groups in total. The van der Waals surface area contributed by atoms with Gasteiger partial charge >= 0.3 is 6.09 Å². The van der Waals surface area contributed by atoms with Crippen LogP contribution in [0.15, 0.2) is 65.5 Å². The van der Waals surface area contributed by atoms with Crippen LogP contribution in [0.3, 0.4) is 0 Å². The van der Waals surface area contributed by atoms with Gasteiger partial charge < -0.3 is 10.4 Å². The maximum atomic E-state index is 12.2. The summed E-state index contributed by atoms with van der Waals surface area (Å²) in [5, 5.41) is 17.8. The van der Waals surface area contributed by atoms with E-state index in [-0.39, 0.29) is 5.56 Å². The highest BCUT2D eigenvalue weighted by atomic mass is 16.4. The molecule has 34 heavy (non-hydrogen) atoms. The monoisotopic (exact) mass is 452 g/mol. The lowest BCUT2D eigenvalue weighted by Crippen LogP contribution is -2.50. The molecular weight excluding hydrogens is 428 g/mol. The van der Waals surface area contributed by atoms with E-state index in [9.17, 15) is 14.7 Å². The van der Waals surface area contributed by atoms with Crippen LogP contribution in [-0.4, -0.2) is 26.4 Å². The number of nitrogens with one attached hydrogen (secondary N) is 3. The summed E-state index contributed by atoms with van der Waals surface area (Å²) in [6, 6.07) is 20.3. The van der Waals surface area contributed by atoms with E-state index in [1.54, 1.807) is 0 Å². The molecule has 0 unspecified atom stereocenters. The molecule has 1 saturated carbocycles. The Labute approximate surface area is 195 Å². The Morgan fingerprint density at radius 2 is 1.71 bits per heavy atom. The lowest BCUT2D eigenvalue weighted by molar-refractivity contribution is 0.144. The summed E-state index contributed by atoms with van der Waals surface area (Å²) < 4.78 is 0. The summed E-state index contributed by atoms with van der Waals surface area (Å²) in [4.78, 5) is 28.6. The molecule has 2 aliphatic carbocycles. The SMILES string of the molecule is O=C(O)NC1(c2ccc(-c3nc4c(cc3-c3ccccc3)-c3[nH][nH]c(=O)c3CC4)cc2)CCC1. The van der Waals surface area contributed by atoms with Crippen molar-refractivity contribution in [1.82, 2.24) is 20.5 Å². The lowest BCUT2D eigenvalue weighted by Gasteiger charge is -2.42.